The molecule has 3 N–H and O–H groups in total. The lowest BCUT2D eigenvalue weighted by molar-refractivity contribution is -0.135. The van der Waals surface area contributed by atoms with Gasteiger partial charge in [0, 0.05) is 39.2 Å². The zero-order valence-electron chi connectivity index (χ0n) is 15.7. The van der Waals surface area contributed by atoms with Gasteiger partial charge in [-0.05, 0) is 28.1 Å². The third-order valence-corrected chi connectivity index (χ3v) is 5.82. The summed E-state index contributed by atoms with van der Waals surface area (Å²) in [5, 5.41) is 12.3. The van der Waals surface area contributed by atoms with Crippen molar-refractivity contribution in [2.75, 3.05) is 26.0 Å². The Morgan fingerprint density at radius 1 is 1.41 bits per heavy atom. The maximum Gasteiger partial charge on any atom is 0.275 e. The number of hydrogen-bond acceptors (Lipinski definition) is 4. The molecular formula is C18H19BrClF3N4O2. The molecule has 1 fully saturated rings. The molecular weight excluding hydrogens is 477 g/mol. The Bertz CT molecular complexity index is 888. The van der Waals surface area contributed by atoms with Crippen molar-refractivity contribution in [2.24, 2.45) is 11.8 Å². The minimum Gasteiger partial charge on any atom is -0.390 e. The number of carbonyl (C=O) groups excluding carboxylic acids is 2. The number of benzene rings is 1. The SMILES string of the molecule is CN/C(=C(/Br)C(=N)Cl)[C@H]1CN(C)C(=O)[C@@H]1C(=O)Nc1cccc(F)c1C(C)(F)F. The molecule has 29 heavy (non-hydrogen) atoms. The molecule has 11 heteroatoms. The van der Waals surface area contributed by atoms with E-state index in [0.29, 0.717) is 12.6 Å². The van der Waals surface area contributed by atoms with E-state index in [9.17, 15) is 22.8 Å². The van der Waals surface area contributed by atoms with Gasteiger partial charge in [-0.15, -0.1) is 0 Å². The summed E-state index contributed by atoms with van der Waals surface area (Å²) in [5.41, 5.74) is -1.04. The molecule has 1 aromatic carbocycles. The van der Waals surface area contributed by atoms with Gasteiger partial charge in [0.1, 0.15) is 16.9 Å². The Kier molecular flexibility index (Phi) is 7.00. The fourth-order valence-electron chi connectivity index (χ4n) is 3.31. The van der Waals surface area contributed by atoms with Crippen molar-refractivity contribution in [3.05, 3.63) is 39.8 Å². The molecule has 6 nitrogen and oxygen atoms in total. The van der Waals surface area contributed by atoms with Gasteiger partial charge in [-0.25, -0.2) is 13.2 Å². The van der Waals surface area contributed by atoms with Crippen molar-refractivity contribution in [3.8, 4) is 0 Å². The lowest BCUT2D eigenvalue weighted by Crippen LogP contribution is -2.36. The second kappa shape index (κ2) is 8.74. The van der Waals surface area contributed by atoms with Crippen molar-refractivity contribution in [2.45, 2.75) is 12.8 Å². The molecule has 1 aliphatic heterocycles. The molecule has 158 valence electrons. The molecule has 2 amide bonds. The van der Waals surface area contributed by atoms with Crippen LogP contribution in [0.2, 0.25) is 0 Å². The van der Waals surface area contributed by atoms with Crippen molar-refractivity contribution >= 4 is 50.2 Å². The van der Waals surface area contributed by atoms with Gasteiger partial charge in [-0.1, -0.05) is 17.7 Å². The largest absolute Gasteiger partial charge is 0.390 e. The van der Waals surface area contributed by atoms with Gasteiger partial charge in [0.15, 0.2) is 0 Å². The molecule has 1 heterocycles. The van der Waals surface area contributed by atoms with Crippen LogP contribution in [0, 0.1) is 23.1 Å². The quantitative estimate of drug-likeness (QED) is 0.416. The van der Waals surface area contributed by atoms with Gasteiger partial charge in [-0.2, -0.15) is 0 Å². The van der Waals surface area contributed by atoms with E-state index in [4.69, 9.17) is 17.0 Å². The van der Waals surface area contributed by atoms with E-state index in [-0.39, 0.29) is 16.2 Å². The van der Waals surface area contributed by atoms with Gasteiger partial charge in [-0.3, -0.25) is 15.0 Å². The highest BCUT2D eigenvalue weighted by atomic mass is 79.9. The van der Waals surface area contributed by atoms with Crippen LogP contribution in [-0.2, 0) is 15.5 Å². The standard InChI is InChI=1S/C18H19BrClF3N4O2/c1-18(22,23)12-9(21)5-4-6-10(12)26-16(28)11-8(7-27(3)17(11)29)14(25-2)13(19)15(20)24/h4-6,8,11,24-25H,7H2,1-3H3,(H,26,28)/b14-13+,24-15?/t8-,11-/m0/s1. The van der Waals surface area contributed by atoms with E-state index < -0.39 is 46.6 Å². The summed E-state index contributed by atoms with van der Waals surface area (Å²) in [7, 11) is 3.03. The summed E-state index contributed by atoms with van der Waals surface area (Å²) in [6.45, 7) is 0.649. The first-order chi connectivity index (χ1) is 13.4. The van der Waals surface area contributed by atoms with Crippen molar-refractivity contribution in [1.29, 1.82) is 5.41 Å². The van der Waals surface area contributed by atoms with Crippen LogP contribution in [0.4, 0.5) is 18.9 Å². The molecule has 1 aromatic rings. The fraction of sp³-hybridized carbons (Fsp3) is 0.389. The Morgan fingerprint density at radius 2 is 2.03 bits per heavy atom. The first kappa shape index (κ1) is 23.2. The van der Waals surface area contributed by atoms with Gasteiger partial charge < -0.3 is 15.5 Å². The van der Waals surface area contributed by atoms with Gasteiger partial charge in [0.25, 0.3) is 5.92 Å². The van der Waals surface area contributed by atoms with Crippen molar-refractivity contribution < 1.29 is 22.8 Å². The van der Waals surface area contributed by atoms with Crippen LogP contribution in [0.1, 0.15) is 12.5 Å². The van der Waals surface area contributed by atoms with Crippen LogP contribution in [0.25, 0.3) is 0 Å². The lowest BCUT2D eigenvalue weighted by atomic mass is 9.90. The highest BCUT2D eigenvalue weighted by molar-refractivity contribution is 9.12. The lowest BCUT2D eigenvalue weighted by Gasteiger charge is -2.22. The summed E-state index contributed by atoms with van der Waals surface area (Å²) >= 11 is 8.87. The number of likely N-dealkylation sites (tertiary alicyclic amines) is 1. The Balaban J connectivity index is 2.46. The number of alkyl halides is 2. The van der Waals surface area contributed by atoms with E-state index >= 15 is 0 Å². The number of nitrogens with one attached hydrogen (secondary N) is 3. The zero-order chi connectivity index (χ0) is 22.1. The van der Waals surface area contributed by atoms with Crippen LogP contribution in [0.15, 0.2) is 28.4 Å². The number of allylic oxidation sites excluding steroid dienone is 1. The third kappa shape index (κ3) is 4.75. The average molecular weight is 496 g/mol. The number of halogens is 5. The minimum absolute atomic E-state index is 0.131. The van der Waals surface area contributed by atoms with Crippen LogP contribution >= 0.6 is 27.5 Å². The highest BCUT2D eigenvalue weighted by Crippen LogP contribution is 2.37. The second-order valence-electron chi connectivity index (χ2n) is 6.63. The van der Waals surface area contributed by atoms with Crippen LogP contribution in [0.3, 0.4) is 0 Å². The van der Waals surface area contributed by atoms with E-state index in [1.807, 2.05) is 0 Å². The predicted octanol–water partition coefficient (Wildman–Crippen LogP) is 3.62. The summed E-state index contributed by atoms with van der Waals surface area (Å²) in [5.74, 6) is -8.14. The molecule has 0 radical (unpaired) electrons. The van der Waals surface area contributed by atoms with Gasteiger partial charge in [0.05, 0.1) is 15.7 Å². The molecule has 0 aliphatic carbocycles. The maximum atomic E-state index is 14.0. The number of rotatable bonds is 6. The summed E-state index contributed by atoms with van der Waals surface area (Å²) in [6, 6.07) is 3.19. The zero-order valence-corrected chi connectivity index (χ0v) is 18.1. The van der Waals surface area contributed by atoms with Gasteiger partial charge >= 0.3 is 0 Å². The second-order valence-corrected chi connectivity index (χ2v) is 7.81. The summed E-state index contributed by atoms with van der Waals surface area (Å²) < 4.78 is 41.9. The van der Waals surface area contributed by atoms with Crippen LogP contribution < -0.4 is 10.6 Å². The molecule has 2 rings (SSSR count). The number of anilines is 1. The monoisotopic (exact) mass is 494 g/mol. The minimum atomic E-state index is -3.55. The molecule has 1 aliphatic rings. The molecule has 0 unspecified atom stereocenters. The van der Waals surface area contributed by atoms with Crippen LogP contribution in [0.5, 0.6) is 0 Å². The molecule has 1 saturated heterocycles. The third-order valence-electron chi connectivity index (χ3n) is 4.58. The molecule has 2 atom stereocenters. The van der Waals surface area contributed by atoms with Crippen molar-refractivity contribution in [3.63, 3.8) is 0 Å². The topological polar surface area (TPSA) is 85.3 Å². The van der Waals surface area contributed by atoms with E-state index in [1.165, 1.54) is 25.1 Å². The number of hydrogen-bond donors (Lipinski definition) is 3. The predicted molar refractivity (Wildman–Crippen MR) is 108 cm³/mol. The van der Waals surface area contributed by atoms with Crippen LogP contribution in [-0.4, -0.2) is 42.5 Å². The van der Waals surface area contributed by atoms with Crippen molar-refractivity contribution in [1.82, 2.24) is 10.2 Å². The first-order valence-corrected chi connectivity index (χ1v) is 9.61. The van der Waals surface area contributed by atoms with Gasteiger partial charge in [0.2, 0.25) is 11.8 Å². The Labute approximate surface area is 179 Å². The molecule has 0 spiro atoms. The summed E-state index contributed by atoms with van der Waals surface area (Å²) in [4.78, 5) is 26.8. The number of carbonyl (C=O) groups is 2. The highest BCUT2D eigenvalue weighted by Gasteiger charge is 2.46. The molecule has 0 aromatic heterocycles. The summed E-state index contributed by atoms with van der Waals surface area (Å²) in [6.07, 6.45) is 0. The number of amides is 2. The number of nitrogens with zero attached hydrogens (tertiary/aromatic N) is 1. The van der Waals surface area contributed by atoms with E-state index in [0.717, 1.165) is 12.1 Å². The Hall–Kier alpha value is -2.07. The molecule has 0 saturated carbocycles. The Morgan fingerprint density at radius 3 is 2.55 bits per heavy atom. The maximum absolute atomic E-state index is 14.0. The first-order valence-electron chi connectivity index (χ1n) is 8.44. The fourth-order valence-corrected chi connectivity index (χ4v) is 3.91. The normalized spacial score (nSPS) is 20.4. The van der Waals surface area contributed by atoms with E-state index in [1.54, 1.807) is 0 Å². The smallest absolute Gasteiger partial charge is 0.275 e. The average Bonchev–Trinajstić information content (AvgIpc) is 2.89. The molecule has 0 bridgehead atoms. The van der Waals surface area contributed by atoms with E-state index in [2.05, 4.69) is 26.6 Å².